The van der Waals surface area contributed by atoms with Gasteiger partial charge in [0.2, 0.25) is 0 Å². The van der Waals surface area contributed by atoms with Gasteiger partial charge in [0.25, 0.3) is 5.91 Å². The highest BCUT2D eigenvalue weighted by Crippen LogP contribution is 2.27. The first kappa shape index (κ1) is 14.7. The van der Waals surface area contributed by atoms with Crippen LogP contribution in [0.5, 0.6) is 11.5 Å². The molecule has 0 bridgehead atoms. The number of nitrogens with zero attached hydrogens (tertiary/aromatic N) is 1. The minimum absolute atomic E-state index is 0.0162. The van der Waals surface area contributed by atoms with Gasteiger partial charge in [-0.25, -0.2) is 0 Å². The Labute approximate surface area is 119 Å². The lowest BCUT2D eigenvalue weighted by molar-refractivity contribution is 0.0688. The molecule has 1 unspecified atom stereocenters. The minimum atomic E-state index is -0.0692. The number of likely N-dealkylation sites (tertiary alicyclic amines) is 1. The first-order valence-electron chi connectivity index (χ1n) is 7.05. The molecule has 0 radical (unpaired) electrons. The molecule has 5 heteroatoms. The fraction of sp³-hybridized carbons (Fsp3) is 0.533. The molecule has 0 saturated carbocycles. The predicted octanol–water partition coefficient (Wildman–Crippen LogP) is 1.74. The van der Waals surface area contributed by atoms with Gasteiger partial charge in [0, 0.05) is 24.7 Å². The normalized spacial score (nSPS) is 19.5. The van der Waals surface area contributed by atoms with Crippen LogP contribution in [0.1, 0.15) is 36.0 Å². The molecule has 1 atom stereocenters. The Morgan fingerprint density at radius 1 is 1.45 bits per heavy atom. The summed E-state index contributed by atoms with van der Waals surface area (Å²) < 4.78 is 4.99. The van der Waals surface area contributed by atoms with Crippen LogP contribution < -0.4 is 10.5 Å². The smallest absolute Gasteiger partial charge is 0.254 e. The molecular formula is C15H22N2O3. The number of phenols is 1. The molecule has 1 saturated heterocycles. The Balaban J connectivity index is 2.22. The first-order valence-corrected chi connectivity index (χ1v) is 7.05. The summed E-state index contributed by atoms with van der Waals surface area (Å²) in [5, 5.41) is 9.80. The van der Waals surface area contributed by atoms with Gasteiger partial charge in [-0.15, -0.1) is 0 Å². The van der Waals surface area contributed by atoms with Gasteiger partial charge in [-0.3, -0.25) is 4.79 Å². The van der Waals surface area contributed by atoms with Gasteiger partial charge >= 0.3 is 0 Å². The largest absolute Gasteiger partial charge is 0.504 e. The van der Waals surface area contributed by atoms with Gasteiger partial charge in [0.05, 0.1) is 7.11 Å². The number of carbonyl (C=O) groups is 1. The average molecular weight is 278 g/mol. The maximum atomic E-state index is 12.6. The molecule has 1 heterocycles. The summed E-state index contributed by atoms with van der Waals surface area (Å²) in [7, 11) is 1.48. The Kier molecular flexibility index (Phi) is 4.84. The van der Waals surface area contributed by atoms with E-state index in [1.165, 1.54) is 13.2 Å². The molecule has 1 fully saturated rings. The molecule has 3 N–H and O–H groups in total. The van der Waals surface area contributed by atoms with Crippen LogP contribution in [0.25, 0.3) is 0 Å². The van der Waals surface area contributed by atoms with Gasteiger partial charge in [-0.1, -0.05) is 12.8 Å². The number of methoxy groups -OCH3 is 1. The summed E-state index contributed by atoms with van der Waals surface area (Å²) in [6.07, 6.45) is 4.20. The van der Waals surface area contributed by atoms with Gasteiger partial charge < -0.3 is 20.5 Å². The molecule has 20 heavy (non-hydrogen) atoms. The van der Waals surface area contributed by atoms with Crippen molar-refractivity contribution in [1.29, 1.82) is 0 Å². The van der Waals surface area contributed by atoms with Gasteiger partial charge in [0.15, 0.2) is 11.5 Å². The van der Waals surface area contributed by atoms with Gasteiger partial charge in [-0.05, 0) is 31.0 Å². The van der Waals surface area contributed by atoms with Crippen LogP contribution in [-0.2, 0) is 0 Å². The molecule has 1 aromatic carbocycles. The summed E-state index contributed by atoms with van der Waals surface area (Å²) in [4.78, 5) is 14.4. The van der Waals surface area contributed by atoms with Crippen LogP contribution in [0.15, 0.2) is 18.2 Å². The molecule has 1 amide bonds. The summed E-state index contributed by atoms with van der Waals surface area (Å²) in [6.45, 7) is 1.21. The van der Waals surface area contributed by atoms with E-state index in [-0.39, 0.29) is 17.7 Å². The van der Waals surface area contributed by atoms with Crippen LogP contribution in [0, 0.1) is 0 Å². The Morgan fingerprint density at radius 2 is 2.25 bits per heavy atom. The number of hydrogen-bond acceptors (Lipinski definition) is 4. The van der Waals surface area contributed by atoms with Crippen molar-refractivity contribution < 1.29 is 14.6 Å². The fourth-order valence-electron chi connectivity index (χ4n) is 2.68. The second-order valence-electron chi connectivity index (χ2n) is 5.12. The Bertz CT molecular complexity index is 476. The second kappa shape index (κ2) is 6.61. The maximum Gasteiger partial charge on any atom is 0.254 e. The highest BCUT2D eigenvalue weighted by atomic mass is 16.5. The number of hydrogen-bond donors (Lipinski definition) is 2. The molecule has 1 aliphatic heterocycles. The molecule has 110 valence electrons. The number of carbonyl (C=O) groups excluding carboxylic acids is 1. The van der Waals surface area contributed by atoms with Crippen molar-refractivity contribution in [2.45, 2.75) is 31.7 Å². The van der Waals surface area contributed by atoms with Crippen molar-refractivity contribution in [3.8, 4) is 11.5 Å². The summed E-state index contributed by atoms with van der Waals surface area (Å²) >= 11 is 0. The van der Waals surface area contributed by atoms with E-state index in [0.29, 0.717) is 17.9 Å². The average Bonchev–Trinajstić information content (AvgIpc) is 2.71. The van der Waals surface area contributed by atoms with E-state index in [2.05, 4.69) is 0 Å². The summed E-state index contributed by atoms with van der Waals surface area (Å²) in [5.74, 6) is 0.283. The third-order valence-corrected chi connectivity index (χ3v) is 3.84. The van der Waals surface area contributed by atoms with E-state index in [1.807, 2.05) is 4.90 Å². The predicted molar refractivity (Wildman–Crippen MR) is 77.0 cm³/mol. The number of phenolic OH excluding ortho intramolecular Hbond substituents is 1. The zero-order valence-electron chi connectivity index (χ0n) is 11.8. The van der Waals surface area contributed by atoms with Crippen LogP contribution in [0.4, 0.5) is 0 Å². The molecule has 2 rings (SSSR count). The molecule has 1 aromatic rings. The zero-order chi connectivity index (χ0) is 14.5. The molecule has 0 aromatic heterocycles. The van der Waals surface area contributed by atoms with E-state index in [9.17, 15) is 9.90 Å². The summed E-state index contributed by atoms with van der Waals surface area (Å²) in [6, 6.07) is 4.84. The van der Waals surface area contributed by atoms with Crippen LogP contribution in [-0.4, -0.2) is 42.2 Å². The zero-order valence-corrected chi connectivity index (χ0v) is 11.8. The van der Waals surface area contributed by atoms with Crippen molar-refractivity contribution in [2.24, 2.45) is 5.73 Å². The number of amides is 1. The van der Waals surface area contributed by atoms with Crippen LogP contribution in [0.3, 0.4) is 0 Å². The number of benzene rings is 1. The molecular weight excluding hydrogens is 256 g/mol. The van der Waals surface area contributed by atoms with E-state index in [1.54, 1.807) is 12.1 Å². The van der Waals surface area contributed by atoms with Gasteiger partial charge in [-0.2, -0.15) is 0 Å². The lowest BCUT2D eigenvalue weighted by Crippen LogP contribution is -2.44. The fourth-order valence-corrected chi connectivity index (χ4v) is 2.68. The number of rotatable bonds is 3. The highest BCUT2D eigenvalue weighted by Gasteiger charge is 2.25. The molecule has 5 nitrogen and oxygen atoms in total. The number of ether oxygens (including phenoxy) is 1. The first-order chi connectivity index (χ1) is 9.67. The second-order valence-corrected chi connectivity index (χ2v) is 5.12. The monoisotopic (exact) mass is 278 g/mol. The van der Waals surface area contributed by atoms with E-state index < -0.39 is 0 Å². The Hall–Kier alpha value is -1.75. The van der Waals surface area contributed by atoms with E-state index in [0.717, 1.165) is 32.2 Å². The molecule has 0 aliphatic carbocycles. The highest BCUT2D eigenvalue weighted by molar-refractivity contribution is 5.95. The third kappa shape index (κ3) is 3.04. The van der Waals surface area contributed by atoms with Crippen LogP contribution in [0.2, 0.25) is 0 Å². The van der Waals surface area contributed by atoms with Crippen molar-refractivity contribution in [2.75, 3.05) is 20.2 Å². The Morgan fingerprint density at radius 3 is 2.90 bits per heavy atom. The lowest BCUT2D eigenvalue weighted by Gasteiger charge is -2.29. The maximum absolute atomic E-state index is 12.6. The van der Waals surface area contributed by atoms with Crippen molar-refractivity contribution in [3.63, 3.8) is 0 Å². The van der Waals surface area contributed by atoms with Crippen molar-refractivity contribution >= 4 is 5.91 Å². The molecule has 0 spiro atoms. The quantitative estimate of drug-likeness (QED) is 0.883. The van der Waals surface area contributed by atoms with Crippen molar-refractivity contribution in [1.82, 2.24) is 4.90 Å². The lowest BCUT2D eigenvalue weighted by atomic mass is 10.1. The third-order valence-electron chi connectivity index (χ3n) is 3.84. The SMILES string of the molecule is COc1ccc(C(=O)N2CCCCCC2CN)cc1O. The standard InChI is InChI=1S/C15H22N2O3/c1-20-14-7-6-11(9-13(14)18)15(19)17-8-4-2-3-5-12(17)10-16/h6-7,9,12,18H,2-5,8,10,16H2,1H3. The van der Waals surface area contributed by atoms with Crippen LogP contribution >= 0.6 is 0 Å². The van der Waals surface area contributed by atoms with Gasteiger partial charge in [0.1, 0.15) is 0 Å². The van der Waals surface area contributed by atoms with Crippen molar-refractivity contribution in [3.05, 3.63) is 23.8 Å². The topological polar surface area (TPSA) is 75.8 Å². The molecule has 1 aliphatic rings. The number of aromatic hydroxyl groups is 1. The minimum Gasteiger partial charge on any atom is -0.504 e. The summed E-state index contributed by atoms with van der Waals surface area (Å²) in [5.41, 5.74) is 6.27. The van der Waals surface area contributed by atoms with E-state index in [4.69, 9.17) is 10.5 Å². The number of nitrogens with two attached hydrogens (primary N) is 1. The van der Waals surface area contributed by atoms with E-state index >= 15 is 0 Å².